The normalized spacial score (nSPS) is 12.6. The molecule has 16 heavy (non-hydrogen) atoms. The second-order valence-electron chi connectivity index (χ2n) is 3.10. The van der Waals surface area contributed by atoms with Crippen molar-refractivity contribution in [1.29, 1.82) is 0 Å². The van der Waals surface area contributed by atoms with Crippen LogP contribution in [-0.4, -0.2) is 38.3 Å². The highest BCUT2D eigenvalue weighted by Crippen LogP contribution is 2.07. The minimum absolute atomic E-state index is 0.390. The minimum Gasteiger partial charge on any atom is -0.227 e. The Kier molecular flexibility index (Phi) is 3.87. The van der Waals surface area contributed by atoms with E-state index < -0.39 is 35.6 Å². The van der Waals surface area contributed by atoms with E-state index in [0.29, 0.717) is 5.56 Å². The molecule has 0 saturated carbocycles. The first kappa shape index (κ1) is 13.3. The zero-order chi connectivity index (χ0) is 12.4. The fourth-order valence-electron chi connectivity index (χ4n) is 0.842. The van der Waals surface area contributed by atoms with Gasteiger partial charge in [0.15, 0.2) is 0 Å². The van der Waals surface area contributed by atoms with Gasteiger partial charge in [-0.25, -0.2) is 26.8 Å². The Labute approximate surface area is 98.0 Å². The van der Waals surface area contributed by atoms with Crippen LogP contribution in [0.4, 0.5) is 0 Å². The molecule has 0 atom stereocenters. The minimum atomic E-state index is -3.84. The van der Waals surface area contributed by atoms with E-state index in [4.69, 9.17) is 10.7 Å². The lowest BCUT2D eigenvalue weighted by molar-refractivity contribution is 0.585. The highest BCUT2D eigenvalue weighted by atomic mass is 35.7. The van der Waals surface area contributed by atoms with Crippen molar-refractivity contribution in [2.45, 2.75) is 12.1 Å². The fraction of sp³-hybridized carbons (Fsp3) is 0.429. The Bertz CT molecular complexity index is 565. The highest BCUT2D eigenvalue weighted by molar-refractivity contribution is 8.14. The van der Waals surface area contributed by atoms with Crippen LogP contribution < -0.4 is 0 Å². The summed E-state index contributed by atoms with van der Waals surface area (Å²) in [5.41, 5.74) is 0.712. The van der Waals surface area contributed by atoms with Gasteiger partial charge in [-0.1, -0.05) is 0 Å². The summed E-state index contributed by atoms with van der Waals surface area (Å²) in [5, 5.41) is -0.390. The summed E-state index contributed by atoms with van der Waals surface area (Å²) in [6, 6.07) is 0. The van der Waals surface area contributed by atoms with Crippen LogP contribution in [0.2, 0.25) is 0 Å². The summed E-state index contributed by atoms with van der Waals surface area (Å²) >= 11 is 0. The van der Waals surface area contributed by atoms with Crippen molar-refractivity contribution < 1.29 is 16.8 Å². The van der Waals surface area contributed by atoms with E-state index in [1.165, 1.54) is 12.4 Å². The molecule has 0 radical (unpaired) electrons. The molecule has 0 aliphatic carbocycles. The van der Waals surface area contributed by atoms with Gasteiger partial charge in [0.1, 0.15) is 0 Å². The maximum absolute atomic E-state index is 11.5. The number of rotatable bonds is 4. The quantitative estimate of drug-likeness (QED) is 0.576. The Balaban J connectivity index is 2.91. The largest absolute Gasteiger partial charge is 0.247 e. The lowest BCUT2D eigenvalue weighted by Crippen LogP contribution is -2.16. The first-order valence-corrected chi connectivity index (χ1v) is 8.27. The van der Waals surface area contributed by atoms with Gasteiger partial charge in [0, 0.05) is 23.1 Å². The van der Waals surface area contributed by atoms with Gasteiger partial charge in [-0.05, 0) is 12.5 Å². The van der Waals surface area contributed by atoms with Crippen molar-refractivity contribution in [3.05, 3.63) is 18.0 Å². The topological polar surface area (TPSA) is 94.1 Å². The zero-order valence-electron chi connectivity index (χ0n) is 8.29. The number of hydrogen-bond donors (Lipinski definition) is 0. The molecule has 0 saturated heterocycles. The summed E-state index contributed by atoms with van der Waals surface area (Å²) in [4.78, 5) is 7.23. The SMILES string of the molecule is Cc1cnc(S(=O)(=O)CCS(=O)(=O)Cl)nc1. The summed E-state index contributed by atoms with van der Waals surface area (Å²) in [7, 11) is -2.71. The standard InChI is InChI=1S/C7H9ClN2O4S2/c1-6-4-9-7(10-5-6)15(11,12)2-3-16(8,13)14/h4-5H,2-3H2,1H3. The molecule has 0 aromatic carbocycles. The molecule has 6 nitrogen and oxygen atoms in total. The highest BCUT2D eigenvalue weighted by Gasteiger charge is 2.20. The van der Waals surface area contributed by atoms with Crippen LogP contribution in [0, 0.1) is 6.92 Å². The van der Waals surface area contributed by atoms with Gasteiger partial charge < -0.3 is 0 Å². The lowest BCUT2D eigenvalue weighted by Gasteiger charge is -2.01. The van der Waals surface area contributed by atoms with Crippen molar-refractivity contribution in [2.75, 3.05) is 11.5 Å². The third kappa shape index (κ3) is 4.03. The van der Waals surface area contributed by atoms with Crippen LogP contribution in [0.25, 0.3) is 0 Å². The number of aryl methyl sites for hydroxylation is 1. The van der Waals surface area contributed by atoms with E-state index in [2.05, 4.69) is 9.97 Å². The third-order valence-electron chi connectivity index (χ3n) is 1.63. The molecular weight excluding hydrogens is 276 g/mol. The molecular formula is C7H9ClN2O4S2. The van der Waals surface area contributed by atoms with Gasteiger partial charge in [-0.15, -0.1) is 0 Å². The molecule has 0 unspecified atom stereocenters. The monoisotopic (exact) mass is 284 g/mol. The fourth-order valence-corrected chi connectivity index (χ4v) is 3.69. The number of aromatic nitrogens is 2. The summed E-state index contributed by atoms with van der Waals surface area (Å²) in [5.74, 6) is -1.28. The van der Waals surface area contributed by atoms with Crippen molar-refractivity contribution in [2.24, 2.45) is 0 Å². The molecule has 1 aromatic heterocycles. The van der Waals surface area contributed by atoms with Gasteiger partial charge in [0.2, 0.25) is 24.0 Å². The third-order valence-corrected chi connectivity index (χ3v) is 4.55. The van der Waals surface area contributed by atoms with Gasteiger partial charge >= 0.3 is 0 Å². The van der Waals surface area contributed by atoms with Gasteiger partial charge in [0.25, 0.3) is 0 Å². The summed E-state index contributed by atoms with van der Waals surface area (Å²) < 4.78 is 44.3. The predicted molar refractivity (Wildman–Crippen MR) is 58.5 cm³/mol. The smallest absolute Gasteiger partial charge is 0.227 e. The molecule has 0 spiro atoms. The second kappa shape index (κ2) is 4.64. The number of nitrogens with zero attached hydrogens (tertiary/aromatic N) is 2. The Hall–Kier alpha value is -0.730. The van der Waals surface area contributed by atoms with Crippen LogP contribution in [-0.2, 0) is 18.9 Å². The molecule has 0 aliphatic rings. The van der Waals surface area contributed by atoms with Gasteiger partial charge in [-0.2, -0.15) is 0 Å². The number of halogens is 1. The van der Waals surface area contributed by atoms with Crippen LogP contribution in [0.1, 0.15) is 5.56 Å². The van der Waals surface area contributed by atoms with E-state index in [1.54, 1.807) is 6.92 Å². The van der Waals surface area contributed by atoms with E-state index in [0.717, 1.165) is 0 Å². The van der Waals surface area contributed by atoms with Crippen LogP contribution >= 0.6 is 10.7 Å². The first-order chi connectivity index (χ1) is 7.21. The Morgan fingerprint density at radius 2 is 1.62 bits per heavy atom. The summed E-state index contributed by atoms with van der Waals surface area (Å²) in [6.45, 7) is 1.71. The maximum Gasteiger partial charge on any atom is 0.247 e. The van der Waals surface area contributed by atoms with Gasteiger partial charge in [-0.3, -0.25) is 0 Å². The molecule has 0 bridgehead atoms. The van der Waals surface area contributed by atoms with Crippen LogP contribution in [0.3, 0.4) is 0 Å². The van der Waals surface area contributed by atoms with Gasteiger partial charge in [0.05, 0.1) is 11.5 Å². The van der Waals surface area contributed by atoms with E-state index in [1.807, 2.05) is 0 Å². The van der Waals surface area contributed by atoms with Crippen molar-refractivity contribution in [1.82, 2.24) is 9.97 Å². The summed E-state index contributed by atoms with van der Waals surface area (Å²) in [6.07, 6.45) is 2.68. The maximum atomic E-state index is 11.5. The molecule has 0 fully saturated rings. The molecule has 0 aliphatic heterocycles. The zero-order valence-corrected chi connectivity index (χ0v) is 10.7. The van der Waals surface area contributed by atoms with Crippen molar-refractivity contribution >= 4 is 29.6 Å². The molecule has 0 amide bonds. The first-order valence-electron chi connectivity index (χ1n) is 4.14. The van der Waals surface area contributed by atoms with Crippen molar-refractivity contribution in [3.63, 3.8) is 0 Å². The van der Waals surface area contributed by atoms with Crippen molar-refractivity contribution in [3.8, 4) is 0 Å². The van der Waals surface area contributed by atoms with Crippen LogP contribution in [0.5, 0.6) is 0 Å². The molecule has 1 heterocycles. The predicted octanol–water partition coefficient (Wildman–Crippen LogP) is 0.127. The van der Waals surface area contributed by atoms with Crippen LogP contribution in [0.15, 0.2) is 17.6 Å². The molecule has 0 N–H and O–H groups in total. The molecule has 90 valence electrons. The molecule has 9 heteroatoms. The Morgan fingerprint density at radius 1 is 1.12 bits per heavy atom. The Morgan fingerprint density at radius 3 is 2.06 bits per heavy atom. The average Bonchev–Trinajstić information content (AvgIpc) is 2.15. The van der Waals surface area contributed by atoms with E-state index >= 15 is 0 Å². The number of sulfone groups is 1. The van der Waals surface area contributed by atoms with E-state index in [9.17, 15) is 16.8 Å². The second-order valence-corrected chi connectivity index (χ2v) is 8.00. The number of hydrogen-bond acceptors (Lipinski definition) is 6. The average molecular weight is 285 g/mol. The van der Waals surface area contributed by atoms with E-state index in [-0.39, 0.29) is 0 Å². The molecule has 1 rings (SSSR count). The molecule has 1 aromatic rings. The lowest BCUT2D eigenvalue weighted by atomic mass is 10.4.